The molecule has 2 N–H and O–H groups in total. The van der Waals surface area contributed by atoms with Crippen LogP contribution in [-0.4, -0.2) is 25.5 Å². The van der Waals surface area contributed by atoms with Crippen molar-refractivity contribution in [2.24, 2.45) is 0 Å². The fourth-order valence-electron chi connectivity index (χ4n) is 2.18. The van der Waals surface area contributed by atoms with Gasteiger partial charge in [0.2, 0.25) is 11.8 Å². The summed E-state index contributed by atoms with van der Waals surface area (Å²) in [6, 6.07) is 12.2. The molecule has 0 aliphatic heterocycles. The number of benzene rings is 2. The van der Waals surface area contributed by atoms with Gasteiger partial charge in [0.15, 0.2) is 0 Å². The number of hydrogen-bond acceptors (Lipinski definition) is 3. The van der Waals surface area contributed by atoms with Gasteiger partial charge in [-0.05, 0) is 42.3 Å². The first-order valence-electron chi connectivity index (χ1n) is 7.62. The van der Waals surface area contributed by atoms with Crippen LogP contribution in [0.25, 0.3) is 0 Å². The van der Waals surface area contributed by atoms with Gasteiger partial charge < -0.3 is 15.4 Å². The van der Waals surface area contributed by atoms with E-state index in [1.807, 2.05) is 12.1 Å². The maximum atomic E-state index is 12.0. The van der Waals surface area contributed by atoms with E-state index in [9.17, 15) is 9.59 Å². The van der Waals surface area contributed by atoms with Gasteiger partial charge in [0.1, 0.15) is 12.2 Å². The van der Waals surface area contributed by atoms with Crippen LogP contribution in [0.3, 0.4) is 0 Å². The number of halogens is 2. The zero-order valence-electron chi connectivity index (χ0n) is 13.6. The quantitative estimate of drug-likeness (QED) is 0.719. The fourth-order valence-corrected chi connectivity index (χ4v) is 2.48. The van der Waals surface area contributed by atoms with E-state index in [0.717, 1.165) is 5.56 Å². The van der Waals surface area contributed by atoms with E-state index in [-0.39, 0.29) is 12.3 Å². The number of carbonyl (C=O) groups is 2. The SMILES string of the molecule is COc1ccc(Cl)cc1NC(=O)CC(=O)NCCc1ccc(Cl)cc1. The summed E-state index contributed by atoms with van der Waals surface area (Å²) in [5.74, 6) is -0.321. The first-order valence-corrected chi connectivity index (χ1v) is 8.38. The minimum absolute atomic E-state index is 0.281. The summed E-state index contributed by atoms with van der Waals surface area (Å²) < 4.78 is 5.15. The number of hydrogen-bond donors (Lipinski definition) is 2. The number of methoxy groups -OCH3 is 1. The Morgan fingerprint density at radius 3 is 2.36 bits per heavy atom. The molecular weight excluding hydrogens is 363 g/mol. The molecule has 0 aromatic heterocycles. The van der Waals surface area contributed by atoms with Crippen LogP contribution in [0.4, 0.5) is 5.69 Å². The van der Waals surface area contributed by atoms with E-state index in [2.05, 4.69) is 10.6 Å². The van der Waals surface area contributed by atoms with E-state index in [0.29, 0.717) is 34.4 Å². The number of carbonyl (C=O) groups excluding carboxylic acids is 2. The maximum Gasteiger partial charge on any atom is 0.233 e. The van der Waals surface area contributed by atoms with Gasteiger partial charge in [-0.25, -0.2) is 0 Å². The highest BCUT2D eigenvalue weighted by atomic mass is 35.5. The van der Waals surface area contributed by atoms with Gasteiger partial charge in [0.25, 0.3) is 0 Å². The third kappa shape index (κ3) is 6.29. The maximum absolute atomic E-state index is 12.0. The van der Waals surface area contributed by atoms with Gasteiger partial charge in [-0.15, -0.1) is 0 Å². The van der Waals surface area contributed by atoms with Crippen LogP contribution in [0.5, 0.6) is 5.75 Å². The fraction of sp³-hybridized carbons (Fsp3) is 0.222. The summed E-state index contributed by atoms with van der Waals surface area (Å²) in [5.41, 5.74) is 1.48. The average molecular weight is 381 g/mol. The summed E-state index contributed by atoms with van der Waals surface area (Å²) in [6.07, 6.45) is 0.378. The minimum Gasteiger partial charge on any atom is -0.495 e. The number of amides is 2. The van der Waals surface area contributed by atoms with Crippen LogP contribution in [0, 0.1) is 0 Å². The Morgan fingerprint density at radius 1 is 1.00 bits per heavy atom. The van der Waals surface area contributed by atoms with E-state index in [1.165, 1.54) is 7.11 Å². The van der Waals surface area contributed by atoms with Crippen molar-refractivity contribution in [3.8, 4) is 5.75 Å². The van der Waals surface area contributed by atoms with Gasteiger partial charge in [-0.1, -0.05) is 35.3 Å². The van der Waals surface area contributed by atoms with Crippen LogP contribution in [0.1, 0.15) is 12.0 Å². The van der Waals surface area contributed by atoms with Gasteiger partial charge in [0, 0.05) is 16.6 Å². The van der Waals surface area contributed by atoms with Crippen LogP contribution < -0.4 is 15.4 Å². The number of anilines is 1. The third-order valence-corrected chi connectivity index (χ3v) is 3.89. The van der Waals surface area contributed by atoms with Crippen molar-refractivity contribution in [3.63, 3.8) is 0 Å². The van der Waals surface area contributed by atoms with Gasteiger partial charge in [0.05, 0.1) is 12.8 Å². The summed E-state index contributed by atoms with van der Waals surface area (Å²) in [5, 5.41) is 6.47. The lowest BCUT2D eigenvalue weighted by molar-refractivity contribution is -0.126. The molecule has 0 aliphatic carbocycles. The average Bonchev–Trinajstić information content (AvgIpc) is 2.57. The molecule has 0 atom stereocenters. The highest BCUT2D eigenvalue weighted by Crippen LogP contribution is 2.27. The van der Waals surface area contributed by atoms with Crippen LogP contribution in [-0.2, 0) is 16.0 Å². The molecule has 2 aromatic carbocycles. The van der Waals surface area contributed by atoms with Crippen molar-refractivity contribution < 1.29 is 14.3 Å². The molecule has 25 heavy (non-hydrogen) atoms. The van der Waals surface area contributed by atoms with Crippen molar-refractivity contribution in [1.82, 2.24) is 5.32 Å². The Kier molecular flexibility index (Phi) is 7.10. The number of ether oxygens (including phenoxy) is 1. The smallest absolute Gasteiger partial charge is 0.233 e. The van der Waals surface area contributed by atoms with Gasteiger partial charge in [-0.3, -0.25) is 9.59 Å². The lowest BCUT2D eigenvalue weighted by Gasteiger charge is -2.10. The van der Waals surface area contributed by atoms with E-state index in [4.69, 9.17) is 27.9 Å². The molecule has 0 bridgehead atoms. The lowest BCUT2D eigenvalue weighted by Crippen LogP contribution is -2.29. The zero-order valence-corrected chi connectivity index (χ0v) is 15.2. The van der Waals surface area contributed by atoms with Gasteiger partial charge in [-0.2, -0.15) is 0 Å². The van der Waals surface area contributed by atoms with Crippen LogP contribution in [0.15, 0.2) is 42.5 Å². The number of nitrogens with one attached hydrogen (secondary N) is 2. The summed E-state index contributed by atoms with van der Waals surface area (Å²) in [6.45, 7) is 0.439. The van der Waals surface area contributed by atoms with E-state index in [1.54, 1.807) is 30.3 Å². The van der Waals surface area contributed by atoms with Crippen molar-refractivity contribution in [3.05, 3.63) is 58.1 Å². The second kappa shape index (κ2) is 9.30. The monoisotopic (exact) mass is 380 g/mol. The topological polar surface area (TPSA) is 67.4 Å². The van der Waals surface area contributed by atoms with Crippen LogP contribution >= 0.6 is 23.2 Å². The minimum atomic E-state index is -0.440. The Labute approximate surface area is 156 Å². The van der Waals surface area contributed by atoms with Crippen LogP contribution in [0.2, 0.25) is 10.0 Å². The standard InChI is InChI=1S/C18H18Cl2N2O3/c1-25-16-7-6-14(20)10-15(16)22-18(24)11-17(23)21-9-8-12-2-4-13(19)5-3-12/h2-7,10H,8-9,11H2,1H3,(H,21,23)(H,22,24). The predicted octanol–water partition coefficient (Wildman–Crippen LogP) is 3.69. The highest BCUT2D eigenvalue weighted by molar-refractivity contribution is 6.31. The number of rotatable bonds is 7. The van der Waals surface area contributed by atoms with Gasteiger partial charge >= 0.3 is 0 Å². The molecular formula is C18H18Cl2N2O3. The zero-order chi connectivity index (χ0) is 18.2. The molecule has 5 nitrogen and oxygen atoms in total. The second-order valence-electron chi connectivity index (χ2n) is 5.30. The molecule has 0 saturated heterocycles. The van der Waals surface area contributed by atoms with Crippen molar-refractivity contribution in [2.45, 2.75) is 12.8 Å². The second-order valence-corrected chi connectivity index (χ2v) is 6.17. The largest absolute Gasteiger partial charge is 0.495 e. The molecule has 2 amide bonds. The molecule has 0 radical (unpaired) electrons. The predicted molar refractivity (Wildman–Crippen MR) is 99.4 cm³/mol. The molecule has 2 aromatic rings. The Hall–Kier alpha value is -2.24. The molecule has 0 aliphatic rings. The molecule has 0 saturated carbocycles. The Balaban J connectivity index is 1.79. The van der Waals surface area contributed by atoms with E-state index >= 15 is 0 Å². The first kappa shape index (κ1) is 19.1. The molecule has 132 valence electrons. The first-order chi connectivity index (χ1) is 12.0. The Bertz CT molecular complexity index is 748. The van der Waals surface area contributed by atoms with Crippen molar-refractivity contribution >= 4 is 40.7 Å². The van der Waals surface area contributed by atoms with E-state index < -0.39 is 5.91 Å². The summed E-state index contributed by atoms with van der Waals surface area (Å²) in [4.78, 5) is 23.8. The lowest BCUT2D eigenvalue weighted by atomic mass is 10.1. The molecule has 0 fully saturated rings. The summed E-state index contributed by atoms with van der Waals surface area (Å²) >= 11 is 11.7. The van der Waals surface area contributed by atoms with Crippen molar-refractivity contribution in [1.29, 1.82) is 0 Å². The normalized spacial score (nSPS) is 10.2. The van der Waals surface area contributed by atoms with Crippen molar-refractivity contribution in [2.75, 3.05) is 19.0 Å². The molecule has 7 heteroatoms. The highest BCUT2D eigenvalue weighted by Gasteiger charge is 2.12. The molecule has 0 unspecified atom stereocenters. The molecule has 0 heterocycles. The molecule has 2 rings (SSSR count). The molecule has 0 spiro atoms. The third-order valence-electron chi connectivity index (χ3n) is 3.41. The Morgan fingerprint density at radius 2 is 1.68 bits per heavy atom. The summed E-state index contributed by atoms with van der Waals surface area (Å²) in [7, 11) is 1.49.